The number of anilines is 1. The second-order valence-corrected chi connectivity index (χ2v) is 9.80. The molecule has 9 heteroatoms. The van der Waals surface area contributed by atoms with Gasteiger partial charge in [-0.3, -0.25) is 19.2 Å². The van der Waals surface area contributed by atoms with E-state index in [9.17, 15) is 19.5 Å². The van der Waals surface area contributed by atoms with Gasteiger partial charge in [-0.2, -0.15) is 5.10 Å². The van der Waals surface area contributed by atoms with Crippen LogP contribution in [0.5, 0.6) is 0 Å². The number of carbonyl (C=O) groups excluding carboxylic acids is 2. The molecule has 2 heterocycles. The molecule has 0 spiro atoms. The average Bonchev–Trinajstić information content (AvgIpc) is 3.26. The molecule has 3 amide bonds. The molecule has 2 aromatic carbocycles. The largest absolute Gasteiger partial charge is 0.465 e. The van der Waals surface area contributed by atoms with Gasteiger partial charge >= 0.3 is 6.09 Å². The highest BCUT2D eigenvalue weighted by Crippen LogP contribution is 2.28. The predicted octanol–water partition coefficient (Wildman–Crippen LogP) is 3.86. The van der Waals surface area contributed by atoms with Crippen LogP contribution in [0, 0.1) is 0 Å². The van der Waals surface area contributed by atoms with Gasteiger partial charge in [0.2, 0.25) is 5.91 Å². The number of aromatic nitrogens is 2. The monoisotopic (exact) mass is 477 g/mol. The van der Waals surface area contributed by atoms with Crippen LogP contribution in [-0.2, 0) is 4.79 Å². The van der Waals surface area contributed by atoms with Crippen LogP contribution >= 0.6 is 0 Å². The predicted molar refractivity (Wildman–Crippen MR) is 134 cm³/mol. The Hall–Kier alpha value is -3.88. The van der Waals surface area contributed by atoms with E-state index in [4.69, 9.17) is 0 Å². The van der Waals surface area contributed by atoms with Gasteiger partial charge in [0, 0.05) is 54.6 Å². The molecule has 1 unspecified atom stereocenters. The van der Waals surface area contributed by atoms with Crippen LogP contribution in [-0.4, -0.2) is 74.3 Å². The van der Waals surface area contributed by atoms with Gasteiger partial charge in [-0.25, -0.2) is 4.79 Å². The van der Waals surface area contributed by atoms with Gasteiger partial charge in [0.15, 0.2) is 0 Å². The zero-order chi connectivity index (χ0) is 25.3. The van der Waals surface area contributed by atoms with Gasteiger partial charge in [0.05, 0.1) is 5.52 Å². The normalized spacial score (nSPS) is 15.2. The van der Waals surface area contributed by atoms with E-state index in [1.807, 2.05) is 39.0 Å². The molecule has 1 aliphatic heterocycles. The van der Waals surface area contributed by atoms with E-state index in [1.165, 1.54) is 4.90 Å². The standard InChI is InChI=1S/C26H31N5O4/c1-18(23(32)28-12-14-29(15-13-28)24(33)19-8-6-5-7-9-19)30-17-20-16-21(10-11-22(20)27-30)31(25(34)35)26(2,3)4/h5-11,16-18H,12-15H2,1-4H3,(H,34,35). The Morgan fingerprint density at radius 3 is 2.20 bits per heavy atom. The first-order chi connectivity index (χ1) is 16.6. The zero-order valence-corrected chi connectivity index (χ0v) is 20.5. The van der Waals surface area contributed by atoms with E-state index in [-0.39, 0.29) is 11.8 Å². The van der Waals surface area contributed by atoms with Crippen LogP contribution in [0.1, 0.15) is 44.1 Å². The molecule has 1 aromatic heterocycles. The van der Waals surface area contributed by atoms with Gasteiger partial charge in [-0.1, -0.05) is 18.2 Å². The lowest BCUT2D eigenvalue weighted by Gasteiger charge is -2.36. The van der Waals surface area contributed by atoms with Gasteiger partial charge in [-0.15, -0.1) is 0 Å². The minimum absolute atomic E-state index is 0.0226. The van der Waals surface area contributed by atoms with Crippen molar-refractivity contribution in [3.63, 3.8) is 0 Å². The summed E-state index contributed by atoms with van der Waals surface area (Å²) in [7, 11) is 0. The third kappa shape index (κ3) is 4.99. The number of hydrogen-bond acceptors (Lipinski definition) is 4. The number of rotatable bonds is 4. The number of amides is 3. The van der Waals surface area contributed by atoms with E-state index in [2.05, 4.69) is 5.10 Å². The summed E-state index contributed by atoms with van der Waals surface area (Å²) in [6, 6.07) is 13.9. The maximum absolute atomic E-state index is 13.2. The molecule has 0 aliphatic carbocycles. The Labute approximate surface area is 204 Å². The third-order valence-electron chi connectivity index (χ3n) is 6.28. The molecule has 1 saturated heterocycles. The Kier molecular flexibility index (Phi) is 6.51. The fraction of sp³-hybridized carbons (Fsp3) is 0.385. The highest BCUT2D eigenvalue weighted by molar-refractivity contribution is 5.94. The van der Waals surface area contributed by atoms with Crippen LogP contribution in [0.3, 0.4) is 0 Å². The van der Waals surface area contributed by atoms with Crippen LogP contribution in [0.15, 0.2) is 54.7 Å². The van der Waals surface area contributed by atoms with Crippen LogP contribution in [0.25, 0.3) is 10.9 Å². The number of carboxylic acid groups (broad SMARTS) is 1. The van der Waals surface area contributed by atoms with E-state index >= 15 is 0 Å². The molecule has 35 heavy (non-hydrogen) atoms. The molecular weight excluding hydrogens is 446 g/mol. The summed E-state index contributed by atoms with van der Waals surface area (Å²) in [5.74, 6) is -0.0859. The Bertz CT molecular complexity index is 1240. The highest BCUT2D eigenvalue weighted by Gasteiger charge is 2.30. The number of hydrogen-bond donors (Lipinski definition) is 1. The molecule has 1 atom stereocenters. The maximum atomic E-state index is 13.2. The lowest BCUT2D eigenvalue weighted by Crippen LogP contribution is -2.51. The molecule has 0 saturated carbocycles. The number of benzene rings is 2. The first-order valence-electron chi connectivity index (χ1n) is 11.7. The highest BCUT2D eigenvalue weighted by atomic mass is 16.4. The summed E-state index contributed by atoms with van der Waals surface area (Å²) in [5.41, 5.74) is 1.28. The number of nitrogens with zero attached hydrogens (tertiary/aromatic N) is 5. The van der Waals surface area contributed by atoms with Crippen LogP contribution < -0.4 is 4.90 Å². The minimum atomic E-state index is -1.03. The van der Waals surface area contributed by atoms with Crippen molar-refractivity contribution in [3.8, 4) is 0 Å². The van der Waals surface area contributed by atoms with Crippen molar-refractivity contribution in [3.05, 3.63) is 60.3 Å². The van der Waals surface area contributed by atoms with Crippen molar-refractivity contribution in [2.24, 2.45) is 0 Å². The second kappa shape index (κ2) is 9.40. The summed E-state index contributed by atoms with van der Waals surface area (Å²) in [4.78, 5) is 42.6. The average molecular weight is 478 g/mol. The fourth-order valence-corrected chi connectivity index (χ4v) is 4.42. The van der Waals surface area contributed by atoms with E-state index < -0.39 is 17.7 Å². The first kappa shape index (κ1) is 24.3. The Morgan fingerprint density at radius 1 is 0.971 bits per heavy atom. The fourth-order valence-electron chi connectivity index (χ4n) is 4.42. The quantitative estimate of drug-likeness (QED) is 0.615. The Morgan fingerprint density at radius 2 is 1.60 bits per heavy atom. The van der Waals surface area contributed by atoms with Gasteiger partial charge < -0.3 is 14.9 Å². The number of piperazine rings is 1. The summed E-state index contributed by atoms with van der Waals surface area (Å²) in [6.07, 6.45) is 0.747. The van der Waals surface area contributed by atoms with E-state index in [0.717, 1.165) is 5.39 Å². The number of carbonyl (C=O) groups is 3. The molecule has 1 aliphatic rings. The lowest BCUT2D eigenvalue weighted by atomic mass is 10.1. The summed E-state index contributed by atoms with van der Waals surface area (Å²) >= 11 is 0. The first-order valence-corrected chi connectivity index (χ1v) is 11.7. The molecule has 4 rings (SSSR count). The SMILES string of the molecule is CC(C(=O)N1CCN(C(=O)c2ccccc2)CC1)n1cc2cc(N(C(=O)O)C(C)(C)C)ccc2n1. The molecule has 184 valence electrons. The molecule has 0 bridgehead atoms. The van der Waals surface area contributed by atoms with E-state index in [1.54, 1.807) is 57.9 Å². The van der Waals surface area contributed by atoms with Gasteiger partial charge in [0.1, 0.15) is 6.04 Å². The second-order valence-electron chi connectivity index (χ2n) is 9.80. The molecule has 3 aromatic rings. The van der Waals surface area contributed by atoms with Crippen molar-refractivity contribution < 1.29 is 19.5 Å². The molecule has 9 nitrogen and oxygen atoms in total. The minimum Gasteiger partial charge on any atom is -0.465 e. The zero-order valence-electron chi connectivity index (χ0n) is 20.5. The Balaban J connectivity index is 1.45. The summed E-state index contributed by atoms with van der Waals surface area (Å²) in [5, 5.41) is 15.0. The van der Waals surface area contributed by atoms with Gasteiger partial charge in [0.25, 0.3) is 5.91 Å². The van der Waals surface area contributed by atoms with Crippen molar-refractivity contribution in [2.75, 3.05) is 31.1 Å². The number of fused-ring (bicyclic) bond motifs is 1. The van der Waals surface area contributed by atoms with Crippen LogP contribution in [0.4, 0.5) is 10.5 Å². The molecule has 1 fully saturated rings. The van der Waals surface area contributed by atoms with Crippen molar-refractivity contribution in [1.82, 2.24) is 19.6 Å². The van der Waals surface area contributed by atoms with Crippen molar-refractivity contribution in [2.45, 2.75) is 39.3 Å². The molecule has 1 N–H and O–H groups in total. The van der Waals surface area contributed by atoms with Crippen molar-refractivity contribution >= 4 is 34.5 Å². The topological polar surface area (TPSA) is 99.0 Å². The van der Waals surface area contributed by atoms with Crippen LogP contribution in [0.2, 0.25) is 0 Å². The smallest absolute Gasteiger partial charge is 0.412 e. The maximum Gasteiger partial charge on any atom is 0.412 e. The third-order valence-corrected chi connectivity index (χ3v) is 6.28. The lowest BCUT2D eigenvalue weighted by molar-refractivity contribution is -0.136. The molecular formula is C26H31N5O4. The van der Waals surface area contributed by atoms with E-state index in [0.29, 0.717) is 42.9 Å². The summed E-state index contributed by atoms with van der Waals surface area (Å²) < 4.78 is 1.63. The van der Waals surface area contributed by atoms with Crippen molar-refractivity contribution in [1.29, 1.82) is 0 Å². The summed E-state index contributed by atoms with van der Waals surface area (Å²) in [6.45, 7) is 9.20. The van der Waals surface area contributed by atoms with Gasteiger partial charge in [-0.05, 0) is 58.0 Å². The molecule has 0 radical (unpaired) electrons.